The largest absolute Gasteiger partial charge is 0.508 e. The van der Waals surface area contributed by atoms with Crippen LogP contribution in [0.2, 0.25) is 0 Å². The van der Waals surface area contributed by atoms with Crippen LogP contribution in [0.3, 0.4) is 0 Å². The normalized spacial score (nSPS) is 25.7. The van der Waals surface area contributed by atoms with E-state index in [0.29, 0.717) is 0 Å². The minimum Gasteiger partial charge on any atom is -0.508 e. The van der Waals surface area contributed by atoms with Gasteiger partial charge in [0.25, 0.3) is 0 Å². The van der Waals surface area contributed by atoms with Crippen LogP contribution in [0.15, 0.2) is 70.6 Å². The Bertz CT molecular complexity index is 1320. The number of aromatic nitrogens is 1. The minimum atomic E-state index is -1.45. The third-order valence-electron chi connectivity index (χ3n) is 6.12. The number of aromatic hydroxyl groups is 1. The number of fused-ring (bicyclic) bond motifs is 2. The van der Waals surface area contributed by atoms with E-state index >= 15 is 0 Å². The summed E-state index contributed by atoms with van der Waals surface area (Å²) in [4.78, 5) is 1.93. The first-order chi connectivity index (χ1) is 15.9. The van der Waals surface area contributed by atoms with Crippen LogP contribution in [0.1, 0.15) is 11.8 Å². The first-order valence-electron chi connectivity index (χ1n) is 10.7. The number of benzene rings is 3. The van der Waals surface area contributed by atoms with Gasteiger partial charge < -0.3 is 34.8 Å². The van der Waals surface area contributed by atoms with E-state index in [4.69, 9.17) is 4.74 Å². The number of hydrogen-bond acceptors (Lipinski definition) is 7. The summed E-state index contributed by atoms with van der Waals surface area (Å²) in [6, 6.07) is 17.2. The molecule has 2 heterocycles. The summed E-state index contributed by atoms with van der Waals surface area (Å²) >= 11 is 1.55. The average Bonchev–Trinajstić information content (AvgIpc) is 3.15. The van der Waals surface area contributed by atoms with Gasteiger partial charge in [-0.25, -0.2) is 0 Å². The lowest BCUT2D eigenvalue weighted by atomic mass is 9.98. The fourth-order valence-electron chi connectivity index (χ4n) is 4.33. The van der Waals surface area contributed by atoms with Gasteiger partial charge in [-0.1, -0.05) is 36.0 Å². The van der Waals surface area contributed by atoms with Gasteiger partial charge in [-0.05, 0) is 53.6 Å². The molecule has 5 N–H and O–H groups in total. The Labute approximate surface area is 194 Å². The van der Waals surface area contributed by atoms with Crippen LogP contribution in [0.5, 0.6) is 5.75 Å². The van der Waals surface area contributed by atoms with Gasteiger partial charge in [0.2, 0.25) is 0 Å². The van der Waals surface area contributed by atoms with E-state index in [9.17, 15) is 25.5 Å². The summed E-state index contributed by atoms with van der Waals surface area (Å²) in [5.41, 5.74) is 1.83. The molecule has 33 heavy (non-hydrogen) atoms. The lowest BCUT2D eigenvalue weighted by molar-refractivity contribution is -0.250. The van der Waals surface area contributed by atoms with Crippen LogP contribution in [0, 0.1) is 6.92 Å². The molecule has 1 aromatic heterocycles. The predicted molar refractivity (Wildman–Crippen MR) is 125 cm³/mol. The summed E-state index contributed by atoms with van der Waals surface area (Å²) in [6.07, 6.45) is -4.32. The molecule has 4 aromatic rings. The molecule has 0 unspecified atom stereocenters. The molecule has 5 atom stereocenters. The SMILES string of the molecule is Cc1ccc2c(Sc3ccc4cc(O)ccc4c3)cn([C@@H]3O[C@H](CO)[C@@H](O)[C@H](O)[C@H]3O)c2c1. The van der Waals surface area contributed by atoms with Gasteiger partial charge in [-0.2, -0.15) is 0 Å². The molecule has 1 aliphatic heterocycles. The van der Waals surface area contributed by atoms with Gasteiger partial charge in [0.05, 0.1) is 12.1 Å². The average molecular weight is 468 g/mol. The lowest BCUT2D eigenvalue weighted by Gasteiger charge is -2.40. The molecule has 0 amide bonds. The Morgan fingerprint density at radius 2 is 1.67 bits per heavy atom. The minimum absolute atomic E-state index is 0.223. The molecule has 0 spiro atoms. The van der Waals surface area contributed by atoms with Crippen LogP contribution in [0.25, 0.3) is 21.7 Å². The second-order valence-corrected chi connectivity index (χ2v) is 9.55. The maximum atomic E-state index is 10.7. The fourth-order valence-corrected chi connectivity index (χ4v) is 5.36. The highest BCUT2D eigenvalue weighted by molar-refractivity contribution is 7.99. The Hall–Kier alpha value is -2.59. The maximum absolute atomic E-state index is 10.7. The van der Waals surface area contributed by atoms with Crippen molar-refractivity contribution in [2.45, 2.75) is 47.4 Å². The standard InChI is InChI=1S/C25H25NO6S/c1-13-2-7-18-19(8-13)26(25-24(31)23(30)22(29)20(12-27)32-25)11-21(18)33-17-6-4-14-9-16(28)5-3-15(14)10-17/h2-11,20,22-25,27-31H,12H2,1H3/t20-,22-,23+,24-,25-/m1/s1. The Kier molecular flexibility index (Phi) is 5.82. The van der Waals surface area contributed by atoms with Crippen molar-refractivity contribution in [3.8, 4) is 5.75 Å². The zero-order valence-electron chi connectivity index (χ0n) is 17.9. The highest BCUT2D eigenvalue weighted by Crippen LogP contribution is 2.40. The molecule has 7 nitrogen and oxygen atoms in total. The molecule has 8 heteroatoms. The molecule has 0 aliphatic carbocycles. The number of phenolic OH excluding ortho intramolecular Hbond substituents is 1. The topological polar surface area (TPSA) is 115 Å². The van der Waals surface area contributed by atoms with Crippen molar-refractivity contribution in [1.82, 2.24) is 4.57 Å². The highest BCUT2D eigenvalue weighted by atomic mass is 32.2. The number of nitrogens with zero attached hydrogens (tertiary/aromatic N) is 1. The zero-order chi connectivity index (χ0) is 23.3. The van der Waals surface area contributed by atoms with Crippen LogP contribution >= 0.6 is 11.8 Å². The van der Waals surface area contributed by atoms with Crippen molar-refractivity contribution in [2.24, 2.45) is 0 Å². The Morgan fingerprint density at radius 3 is 2.45 bits per heavy atom. The van der Waals surface area contributed by atoms with E-state index in [1.54, 1.807) is 28.5 Å². The van der Waals surface area contributed by atoms with E-state index in [1.165, 1.54) is 0 Å². The summed E-state index contributed by atoms with van der Waals surface area (Å²) in [5.74, 6) is 0.223. The second kappa shape index (κ2) is 8.64. The van der Waals surface area contributed by atoms with E-state index in [-0.39, 0.29) is 5.75 Å². The lowest BCUT2D eigenvalue weighted by Crippen LogP contribution is -2.56. The maximum Gasteiger partial charge on any atom is 0.163 e. The van der Waals surface area contributed by atoms with Crippen molar-refractivity contribution in [3.05, 3.63) is 66.4 Å². The summed E-state index contributed by atoms with van der Waals surface area (Å²) < 4.78 is 7.57. The second-order valence-electron chi connectivity index (χ2n) is 8.44. The van der Waals surface area contributed by atoms with Crippen molar-refractivity contribution < 1.29 is 30.3 Å². The van der Waals surface area contributed by atoms with Gasteiger partial charge >= 0.3 is 0 Å². The first kappa shape index (κ1) is 22.2. The number of aliphatic hydroxyl groups excluding tert-OH is 4. The Morgan fingerprint density at radius 1 is 0.909 bits per heavy atom. The highest BCUT2D eigenvalue weighted by Gasteiger charge is 2.44. The number of hydrogen-bond donors (Lipinski definition) is 5. The fraction of sp³-hybridized carbons (Fsp3) is 0.280. The predicted octanol–water partition coefficient (Wildman–Crippen LogP) is 2.93. The van der Waals surface area contributed by atoms with Gasteiger partial charge in [-0.15, -0.1) is 0 Å². The molecule has 0 bridgehead atoms. The smallest absolute Gasteiger partial charge is 0.163 e. The third kappa shape index (κ3) is 3.99. The van der Waals surface area contributed by atoms with Gasteiger partial charge in [-0.3, -0.25) is 0 Å². The summed E-state index contributed by atoms with van der Waals surface area (Å²) in [7, 11) is 0. The zero-order valence-corrected chi connectivity index (χ0v) is 18.7. The van der Waals surface area contributed by atoms with Gasteiger partial charge in [0, 0.05) is 21.4 Å². The van der Waals surface area contributed by atoms with E-state index in [2.05, 4.69) is 0 Å². The number of aliphatic hydroxyl groups is 4. The van der Waals surface area contributed by atoms with Crippen molar-refractivity contribution in [1.29, 1.82) is 0 Å². The van der Waals surface area contributed by atoms with Crippen LogP contribution in [0.4, 0.5) is 0 Å². The molecular weight excluding hydrogens is 442 g/mol. The van der Waals surface area contributed by atoms with Crippen LogP contribution in [-0.2, 0) is 4.74 Å². The molecule has 0 radical (unpaired) electrons. The molecular formula is C25H25NO6S. The number of phenols is 1. The summed E-state index contributed by atoms with van der Waals surface area (Å²) in [5, 5.41) is 53.3. The van der Waals surface area contributed by atoms with Crippen molar-refractivity contribution in [3.63, 3.8) is 0 Å². The van der Waals surface area contributed by atoms with E-state index in [1.807, 2.05) is 55.6 Å². The van der Waals surface area contributed by atoms with E-state index in [0.717, 1.165) is 37.0 Å². The first-order valence-corrected chi connectivity index (χ1v) is 11.5. The molecule has 3 aromatic carbocycles. The monoisotopic (exact) mass is 467 g/mol. The third-order valence-corrected chi connectivity index (χ3v) is 7.15. The summed E-state index contributed by atoms with van der Waals surface area (Å²) in [6.45, 7) is 1.49. The van der Waals surface area contributed by atoms with Gasteiger partial charge in [0.15, 0.2) is 6.23 Å². The number of ether oxygens (including phenoxy) is 1. The van der Waals surface area contributed by atoms with Gasteiger partial charge in [0.1, 0.15) is 30.2 Å². The molecule has 1 aliphatic rings. The molecule has 5 rings (SSSR count). The molecule has 0 saturated carbocycles. The number of aryl methyl sites for hydroxylation is 1. The van der Waals surface area contributed by atoms with Crippen molar-refractivity contribution >= 4 is 33.4 Å². The molecule has 1 saturated heterocycles. The molecule has 1 fully saturated rings. The quantitative estimate of drug-likeness (QED) is 0.313. The van der Waals surface area contributed by atoms with E-state index < -0.39 is 37.3 Å². The number of rotatable bonds is 4. The van der Waals surface area contributed by atoms with Crippen LogP contribution < -0.4 is 0 Å². The van der Waals surface area contributed by atoms with Crippen LogP contribution in [-0.4, -0.2) is 61.1 Å². The Balaban J connectivity index is 1.56. The molecule has 172 valence electrons. The van der Waals surface area contributed by atoms with Crippen molar-refractivity contribution in [2.75, 3.05) is 6.61 Å².